The molecule has 0 saturated carbocycles. The maximum atomic E-state index is 12.0. The fourth-order valence-electron chi connectivity index (χ4n) is 1.56. The van der Waals surface area contributed by atoms with Gasteiger partial charge in [0.25, 0.3) is 0 Å². The highest BCUT2D eigenvalue weighted by Crippen LogP contribution is 2.29. The first-order valence-electron chi connectivity index (χ1n) is 6.36. The number of rotatable bonds is 6. The molecule has 1 N–H and O–H groups in total. The third kappa shape index (κ3) is 5.16. The molecular formula is C14H13Cl2N3O3S. The Morgan fingerprint density at radius 3 is 2.43 bits per heavy atom. The normalized spacial score (nSPS) is 10.3. The highest BCUT2D eigenvalue weighted by atomic mass is 35.5. The van der Waals surface area contributed by atoms with Gasteiger partial charge in [0.1, 0.15) is 0 Å². The number of methoxy groups -OCH3 is 2. The van der Waals surface area contributed by atoms with Crippen LogP contribution in [0, 0.1) is 0 Å². The van der Waals surface area contributed by atoms with Crippen molar-refractivity contribution in [3.63, 3.8) is 0 Å². The van der Waals surface area contributed by atoms with Gasteiger partial charge in [0.2, 0.25) is 23.6 Å². The lowest BCUT2D eigenvalue weighted by Crippen LogP contribution is -2.16. The van der Waals surface area contributed by atoms with Gasteiger partial charge in [0.15, 0.2) is 0 Å². The molecule has 9 heteroatoms. The van der Waals surface area contributed by atoms with Crippen LogP contribution in [0.4, 0.5) is 5.95 Å². The molecule has 0 unspecified atom stereocenters. The molecule has 0 fully saturated rings. The van der Waals surface area contributed by atoms with Crippen LogP contribution in [0.25, 0.3) is 0 Å². The van der Waals surface area contributed by atoms with E-state index in [2.05, 4.69) is 15.3 Å². The first-order valence-corrected chi connectivity index (χ1v) is 8.10. The van der Waals surface area contributed by atoms with Gasteiger partial charge in [0.05, 0.1) is 31.1 Å². The molecule has 0 aliphatic heterocycles. The van der Waals surface area contributed by atoms with E-state index in [1.807, 2.05) is 0 Å². The maximum absolute atomic E-state index is 12.0. The third-order valence-corrected chi connectivity index (χ3v) is 4.33. The summed E-state index contributed by atoms with van der Waals surface area (Å²) in [4.78, 5) is 20.8. The molecule has 1 amide bonds. The molecule has 1 aromatic carbocycles. The lowest BCUT2D eigenvalue weighted by Gasteiger charge is -2.08. The number of benzene rings is 1. The molecule has 0 atom stereocenters. The zero-order valence-electron chi connectivity index (χ0n) is 12.3. The van der Waals surface area contributed by atoms with Gasteiger partial charge in [-0.15, -0.1) is 11.8 Å². The minimum Gasteiger partial charge on any atom is -0.481 e. The molecule has 122 valence electrons. The SMILES string of the molecule is COc1cc(OC)nc(NC(=O)CSc2cc(Cl)ccc2Cl)n1. The number of nitrogens with zero attached hydrogens (tertiary/aromatic N) is 2. The number of carbonyl (C=O) groups is 1. The van der Waals surface area contributed by atoms with Gasteiger partial charge >= 0.3 is 0 Å². The van der Waals surface area contributed by atoms with E-state index >= 15 is 0 Å². The van der Waals surface area contributed by atoms with Crippen LogP contribution in [0.5, 0.6) is 11.8 Å². The van der Waals surface area contributed by atoms with E-state index in [1.54, 1.807) is 18.2 Å². The van der Waals surface area contributed by atoms with Crippen LogP contribution in [0.15, 0.2) is 29.2 Å². The van der Waals surface area contributed by atoms with E-state index in [9.17, 15) is 4.79 Å². The minimum absolute atomic E-state index is 0.101. The predicted molar refractivity (Wildman–Crippen MR) is 91.0 cm³/mol. The quantitative estimate of drug-likeness (QED) is 0.780. The number of anilines is 1. The topological polar surface area (TPSA) is 73.3 Å². The minimum atomic E-state index is -0.290. The lowest BCUT2D eigenvalue weighted by molar-refractivity contribution is -0.113. The van der Waals surface area contributed by atoms with Crippen LogP contribution in [0.2, 0.25) is 10.0 Å². The van der Waals surface area contributed by atoms with E-state index in [0.717, 1.165) is 4.90 Å². The zero-order chi connectivity index (χ0) is 16.8. The standard InChI is InChI=1S/C14H13Cl2N3O3S/c1-21-12-6-13(22-2)19-14(18-12)17-11(20)7-23-10-5-8(15)3-4-9(10)16/h3-6H,7H2,1-2H3,(H,17,18,19,20). The lowest BCUT2D eigenvalue weighted by atomic mass is 10.4. The third-order valence-electron chi connectivity index (χ3n) is 2.60. The van der Waals surface area contributed by atoms with Gasteiger partial charge in [-0.2, -0.15) is 9.97 Å². The summed E-state index contributed by atoms with van der Waals surface area (Å²) in [5.74, 6) is 0.517. The van der Waals surface area contributed by atoms with Crippen molar-refractivity contribution in [2.24, 2.45) is 0 Å². The molecule has 23 heavy (non-hydrogen) atoms. The van der Waals surface area contributed by atoms with Crippen LogP contribution in [0.3, 0.4) is 0 Å². The summed E-state index contributed by atoms with van der Waals surface area (Å²) in [6, 6.07) is 6.58. The molecule has 0 bridgehead atoms. The highest BCUT2D eigenvalue weighted by molar-refractivity contribution is 8.00. The van der Waals surface area contributed by atoms with E-state index in [4.69, 9.17) is 32.7 Å². The van der Waals surface area contributed by atoms with E-state index in [0.29, 0.717) is 10.0 Å². The van der Waals surface area contributed by atoms with Crippen molar-refractivity contribution in [2.75, 3.05) is 25.3 Å². The molecule has 1 heterocycles. The number of thioether (sulfide) groups is 1. The number of hydrogen-bond donors (Lipinski definition) is 1. The summed E-state index contributed by atoms with van der Waals surface area (Å²) in [5, 5.41) is 3.67. The molecule has 0 aliphatic rings. The summed E-state index contributed by atoms with van der Waals surface area (Å²) in [6.45, 7) is 0. The van der Waals surface area contributed by atoms with Gasteiger partial charge in [-0.3, -0.25) is 10.1 Å². The second-order valence-corrected chi connectivity index (χ2v) is 6.05. The Bertz CT molecular complexity index is 693. The van der Waals surface area contributed by atoms with Gasteiger partial charge in [0, 0.05) is 9.92 Å². The average molecular weight is 374 g/mol. The van der Waals surface area contributed by atoms with Gasteiger partial charge < -0.3 is 9.47 Å². The molecule has 2 aromatic rings. The summed E-state index contributed by atoms with van der Waals surface area (Å²) < 4.78 is 10.0. The van der Waals surface area contributed by atoms with Crippen molar-refractivity contribution in [1.29, 1.82) is 0 Å². The summed E-state index contributed by atoms with van der Waals surface area (Å²) in [7, 11) is 2.93. The van der Waals surface area contributed by atoms with Crippen LogP contribution in [-0.2, 0) is 4.79 Å². The fourth-order valence-corrected chi connectivity index (χ4v) is 2.85. The van der Waals surface area contributed by atoms with Crippen molar-refractivity contribution < 1.29 is 14.3 Å². The Morgan fingerprint density at radius 1 is 1.17 bits per heavy atom. The number of carbonyl (C=O) groups excluding carboxylic acids is 1. The summed E-state index contributed by atoms with van der Waals surface area (Å²) in [6.07, 6.45) is 0. The number of halogens is 2. The van der Waals surface area contributed by atoms with Gasteiger partial charge in [-0.05, 0) is 18.2 Å². The van der Waals surface area contributed by atoms with Crippen molar-refractivity contribution in [1.82, 2.24) is 9.97 Å². The largest absolute Gasteiger partial charge is 0.481 e. The number of ether oxygens (including phenoxy) is 2. The number of aromatic nitrogens is 2. The van der Waals surface area contributed by atoms with Crippen molar-refractivity contribution in [3.05, 3.63) is 34.3 Å². The van der Waals surface area contributed by atoms with Crippen LogP contribution < -0.4 is 14.8 Å². The van der Waals surface area contributed by atoms with Gasteiger partial charge in [-0.25, -0.2) is 0 Å². The summed E-state index contributed by atoms with van der Waals surface area (Å²) >= 11 is 13.2. The van der Waals surface area contributed by atoms with Crippen LogP contribution in [0.1, 0.15) is 0 Å². The second kappa shape index (κ2) is 8.24. The fraction of sp³-hybridized carbons (Fsp3) is 0.214. The Balaban J connectivity index is 2.01. The zero-order valence-corrected chi connectivity index (χ0v) is 14.6. The van der Waals surface area contributed by atoms with E-state index < -0.39 is 0 Å². The molecule has 6 nitrogen and oxygen atoms in total. The van der Waals surface area contributed by atoms with Crippen molar-refractivity contribution >= 4 is 46.8 Å². The van der Waals surface area contributed by atoms with E-state index in [1.165, 1.54) is 32.0 Å². The maximum Gasteiger partial charge on any atom is 0.237 e. The Labute approximate surface area is 147 Å². The first kappa shape index (κ1) is 17.7. The molecule has 0 radical (unpaired) electrons. The molecule has 2 rings (SSSR count). The molecule has 1 aromatic heterocycles. The van der Waals surface area contributed by atoms with Crippen molar-refractivity contribution in [3.8, 4) is 11.8 Å². The predicted octanol–water partition coefficient (Wildman–Crippen LogP) is 3.53. The van der Waals surface area contributed by atoms with Crippen molar-refractivity contribution in [2.45, 2.75) is 4.90 Å². The smallest absolute Gasteiger partial charge is 0.237 e. The number of hydrogen-bond acceptors (Lipinski definition) is 6. The Morgan fingerprint density at radius 2 is 1.83 bits per heavy atom. The Kier molecular flexibility index (Phi) is 6.32. The Hall–Kier alpha value is -1.70. The van der Waals surface area contributed by atoms with Gasteiger partial charge in [-0.1, -0.05) is 23.2 Å². The summed E-state index contributed by atoms with van der Waals surface area (Å²) in [5.41, 5.74) is 0. The number of nitrogens with one attached hydrogen (secondary N) is 1. The molecule has 0 spiro atoms. The number of amides is 1. The monoisotopic (exact) mass is 373 g/mol. The molecular weight excluding hydrogens is 361 g/mol. The van der Waals surface area contributed by atoms with E-state index in [-0.39, 0.29) is 29.4 Å². The highest BCUT2D eigenvalue weighted by Gasteiger charge is 2.11. The van der Waals surface area contributed by atoms with Crippen LogP contribution >= 0.6 is 35.0 Å². The average Bonchev–Trinajstić information content (AvgIpc) is 2.55. The molecule has 0 aliphatic carbocycles. The first-order chi connectivity index (χ1) is 11.0. The second-order valence-electron chi connectivity index (χ2n) is 4.19. The van der Waals surface area contributed by atoms with Crippen LogP contribution in [-0.4, -0.2) is 35.8 Å². The molecule has 0 saturated heterocycles.